The largest absolute Gasteiger partial charge is 0.207 e. The highest BCUT2D eigenvalue weighted by Gasteiger charge is 2.29. The van der Waals surface area contributed by atoms with Crippen LogP contribution in [0.3, 0.4) is 0 Å². The second-order valence-corrected chi connectivity index (χ2v) is 7.54. The molecule has 0 saturated carbocycles. The van der Waals surface area contributed by atoms with Crippen LogP contribution in [-0.2, 0) is 6.42 Å². The Labute approximate surface area is 165 Å². The first-order chi connectivity index (χ1) is 13.2. The van der Waals surface area contributed by atoms with Gasteiger partial charge in [-0.15, -0.1) is 0 Å². The number of hydrogen-bond acceptors (Lipinski definition) is 0. The van der Waals surface area contributed by atoms with Gasteiger partial charge in [-0.05, 0) is 74.1 Å². The fourth-order valence-electron chi connectivity index (χ4n) is 3.78. The van der Waals surface area contributed by atoms with Crippen LogP contribution in [0.2, 0.25) is 0 Å². The van der Waals surface area contributed by atoms with E-state index in [-0.39, 0.29) is 11.1 Å². The molecule has 0 radical (unpaired) electrons. The van der Waals surface area contributed by atoms with Gasteiger partial charge in [0.25, 0.3) is 0 Å². The molecule has 0 aromatic heterocycles. The first-order valence-electron chi connectivity index (χ1n) is 9.55. The zero-order valence-electron chi connectivity index (χ0n) is 17.0. The van der Waals surface area contributed by atoms with Crippen molar-refractivity contribution >= 4 is 0 Å². The van der Waals surface area contributed by atoms with Crippen LogP contribution in [0.1, 0.15) is 57.3 Å². The van der Waals surface area contributed by atoms with E-state index in [0.717, 1.165) is 16.7 Å². The normalized spacial score (nSPS) is 12.3. The molecule has 0 aliphatic rings. The van der Waals surface area contributed by atoms with E-state index in [2.05, 4.69) is 0 Å². The first kappa shape index (κ1) is 20.2. The Kier molecular flexibility index (Phi) is 5.64. The van der Waals surface area contributed by atoms with Crippen LogP contribution >= 0.6 is 0 Å². The quantitative estimate of drug-likeness (QED) is 0.423. The molecule has 0 aliphatic heterocycles. The van der Waals surface area contributed by atoms with Crippen LogP contribution < -0.4 is 0 Å². The molecule has 0 N–H and O–H groups in total. The Morgan fingerprint density at radius 2 is 1.32 bits per heavy atom. The Morgan fingerprint density at radius 1 is 0.750 bits per heavy atom. The standard InChI is InChI=1S/C25H25F3/c1-6-19-17(5)13-22(27)24(25(19)28)23(18-9-7-14(2)8-10-18)20-11-15(3)16(4)12-21(20)26/h7-13,23H,6H2,1-5H3. The summed E-state index contributed by atoms with van der Waals surface area (Å²) in [6, 6.07) is 11.9. The fourth-order valence-corrected chi connectivity index (χ4v) is 3.78. The molecule has 3 heteroatoms. The van der Waals surface area contributed by atoms with Crippen molar-refractivity contribution < 1.29 is 13.2 Å². The lowest BCUT2D eigenvalue weighted by Crippen LogP contribution is -2.13. The summed E-state index contributed by atoms with van der Waals surface area (Å²) < 4.78 is 45.5. The topological polar surface area (TPSA) is 0 Å². The summed E-state index contributed by atoms with van der Waals surface area (Å²) in [4.78, 5) is 0. The zero-order valence-corrected chi connectivity index (χ0v) is 17.0. The third-order valence-electron chi connectivity index (χ3n) is 5.55. The van der Waals surface area contributed by atoms with Crippen LogP contribution in [0.5, 0.6) is 0 Å². The molecule has 146 valence electrons. The van der Waals surface area contributed by atoms with E-state index < -0.39 is 23.4 Å². The van der Waals surface area contributed by atoms with Crippen molar-refractivity contribution in [2.45, 2.75) is 47.0 Å². The summed E-state index contributed by atoms with van der Waals surface area (Å²) in [6.45, 7) is 9.18. The number of benzene rings is 3. The summed E-state index contributed by atoms with van der Waals surface area (Å²) in [7, 11) is 0. The lowest BCUT2D eigenvalue weighted by molar-refractivity contribution is 0.533. The maximum atomic E-state index is 15.4. The van der Waals surface area contributed by atoms with E-state index in [4.69, 9.17) is 0 Å². The van der Waals surface area contributed by atoms with Crippen molar-refractivity contribution in [1.82, 2.24) is 0 Å². The molecule has 1 unspecified atom stereocenters. The average molecular weight is 382 g/mol. The van der Waals surface area contributed by atoms with E-state index in [1.165, 1.54) is 12.1 Å². The van der Waals surface area contributed by atoms with Gasteiger partial charge in [0.1, 0.15) is 17.5 Å². The predicted molar refractivity (Wildman–Crippen MR) is 108 cm³/mol. The van der Waals surface area contributed by atoms with Crippen LogP contribution in [0.25, 0.3) is 0 Å². The third-order valence-corrected chi connectivity index (χ3v) is 5.55. The van der Waals surface area contributed by atoms with Crippen LogP contribution in [0.15, 0.2) is 42.5 Å². The van der Waals surface area contributed by atoms with E-state index in [1.807, 2.05) is 52.0 Å². The molecule has 1 atom stereocenters. The number of aryl methyl sites for hydroxylation is 4. The SMILES string of the molecule is CCc1c(C)cc(F)c(C(c2ccc(C)cc2)c2cc(C)c(C)cc2F)c1F. The molecule has 0 nitrogen and oxygen atoms in total. The summed E-state index contributed by atoms with van der Waals surface area (Å²) in [5.74, 6) is -2.53. The minimum Gasteiger partial charge on any atom is -0.207 e. The summed E-state index contributed by atoms with van der Waals surface area (Å²) >= 11 is 0. The van der Waals surface area contributed by atoms with Crippen LogP contribution in [0.4, 0.5) is 13.2 Å². The van der Waals surface area contributed by atoms with E-state index >= 15 is 13.2 Å². The van der Waals surface area contributed by atoms with Gasteiger partial charge >= 0.3 is 0 Å². The molecule has 3 rings (SSSR count). The van der Waals surface area contributed by atoms with Gasteiger partial charge in [0.15, 0.2) is 0 Å². The highest BCUT2D eigenvalue weighted by Crippen LogP contribution is 2.39. The van der Waals surface area contributed by atoms with Gasteiger partial charge in [0.05, 0.1) is 0 Å². The van der Waals surface area contributed by atoms with Gasteiger partial charge in [-0.25, -0.2) is 13.2 Å². The van der Waals surface area contributed by atoms with Crippen molar-refractivity contribution in [1.29, 1.82) is 0 Å². The van der Waals surface area contributed by atoms with Crippen molar-refractivity contribution in [3.63, 3.8) is 0 Å². The van der Waals surface area contributed by atoms with E-state index in [9.17, 15) is 0 Å². The molecule has 0 aliphatic carbocycles. The second-order valence-electron chi connectivity index (χ2n) is 7.54. The second kappa shape index (κ2) is 7.83. The Bertz CT molecular complexity index is 1020. The van der Waals surface area contributed by atoms with Gasteiger partial charge < -0.3 is 0 Å². The van der Waals surface area contributed by atoms with Crippen molar-refractivity contribution in [2.75, 3.05) is 0 Å². The van der Waals surface area contributed by atoms with Crippen molar-refractivity contribution in [3.8, 4) is 0 Å². The first-order valence-corrected chi connectivity index (χ1v) is 9.55. The molecule has 0 saturated heterocycles. The van der Waals surface area contributed by atoms with Gasteiger partial charge in [0.2, 0.25) is 0 Å². The van der Waals surface area contributed by atoms with Crippen molar-refractivity contribution in [2.24, 2.45) is 0 Å². The molecule has 0 heterocycles. The lowest BCUT2D eigenvalue weighted by atomic mass is 9.81. The van der Waals surface area contributed by atoms with Crippen LogP contribution in [-0.4, -0.2) is 0 Å². The average Bonchev–Trinajstić information content (AvgIpc) is 2.63. The van der Waals surface area contributed by atoms with E-state index in [1.54, 1.807) is 13.0 Å². The minimum absolute atomic E-state index is 0.0894. The molecule has 3 aromatic carbocycles. The summed E-state index contributed by atoms with van der Waals surface area (Å²) in [5, 5.41) is 0. The molecule has 0 bridgehead atoms. The van der Waals surface area contributed by atoms with Crippen molar-refractivity contribution in [3.05, 3.63) is 104 Å². The minimum atomic E-state index is -0.856. The van der Waals surface area contributed by atoms with Gasteiger partial charge in [0, 0.05) is 17.0 Å². The highest BCUT2D eigenvalue weighted by molar-refractivity contribution is 5.49. The molecule has 0 amide bonds. The lowest BCUT2D eigenvalue weighted by Gasteiger charge is -2.23. The molecule has 0 spiro atoms. The predicted octanol–water partition coefficient (Wildman–Crippen LogP) is 7.08. The molecular weight excluding hydrogens is 357 g/mol. The van der Waals surface area contributed by atoms with Crippen LogP contribution in [0, 0.1) is 45.1 Å². The van der Waals surface area contributed by atoms with Gasteiger partial charge in [-0.1, -0.05) is 42.8 Å². The van der Waals surface area contributed by atoms with Gasteiger partial charge in [-0.3, -0.25) is 0 Å². The summed E-state index contributed by atoms with van der Waals surface area (Å²) in [5.41, 5.74) is 4.63. The number of rotatable bonds is 4. The zero-order chi connectivity index (χ0) is 20.6. The maximum absolute atomic E-state index is 15.4. The van der Waals surface area contributed by atoms with Gasteiger partial charge in [-0.2, -0.15) is 0 Å². The summed E-state index contributed by atoms with van der Waals surface area (Å²) in [6.07, 6.45) is 0.445. The number of halogens is 3. The maximum Gasteiger partial charge on any atom is 0.133 e. The smallest absolute Gasteiger partial charge is 0.133 e. The molecule has 0 fully saturated rings. The monoisotopic (exact) mass is 382 g/mol. The molecule has 3 aromatic rings. The fraction of sp³-hybridized carbons (Fsp3) is 0.280. The Morgan fingerprint density at radius 3 is 1.93 bits per heavy atom. The third kappa shape index (κ3) is 3.58. The van der Waals surface area contributed by atoms with E-state index in [0.29, 0.717) is 23.1 Å². The highest BCUT2D eigenvalue weighted by atomic mass is 19.1. The molecule has 28 heavy (non-hydrogen) atoms. The molecular formula is C25H25F3. The number of hydrogen-bond donors (Lipinski definition) is 0. The Hall–Kier alpha value is -2.55. The Balaban J connectivity index is 2.36.